The predicted octanol–water partition coefficient (Wildman–Crippen LogP) is 1.49. The highest BCUT2D eigenvalue weighted by molar-refractivity contribution is 6.30. The van der Waals surface area contributed by atoms with Crippen molar-refractivity contribution in [1.82, 2.24) is 25.5 Å². The molecular formula is C17H17ClN6O3. The second-order valence-corrected chi connectivity index (χ2v) is 6.70. The van der Waals surface area contributed by atoms with Crippen molar-refractivity contribution in [2.24, 2.45) is 0 Å². The normalized spacial score (nSPS) is 15.1. The highest BCUT2D eigenvalue weighted by Gasteiger charge is 2.35. The summed E-state index contributed by atoms with van der Waals surface area (Å²) in [7, 11) is 0. The van der Waals surface area contributed by atoms with Crippen LogP contribution in [-0.4, -0.2) is 44.2 Å². The average Bonchev–Trinajstić information content (AvgIpc) is 3.31. The van der Waals surface area contributed by atoms with Crippen LogP contribution in [0.15, 0.2) is 24.3 Å². The fourth-order valence-corrected chi connectivity index (χ4v) is 3.00. The zero-order valence-corrected chi connectivity index (χ0v) is 15.1. The van der Waals surface area contributed by atoms with Crippen LogP contribution in [0, 0.1) is 11.3 Å². The molecule has 2 aromatic rings. The quantitative estimate of drug-likeness (QED) is 0.743. The van der Waals surface area contributed by atoms with Crippen LogP contribution in [0.25, 0.3) is 11.4 Å². The van der Waals surface area contributed by atoms with Crippen molar-refractivity contribution in [1.29, 1.82) is 5.26 Å². The summed E-state index contributed by atoms with van der Waals surface area (Å²) in [4.78, 5) is 24.9. The fourth-order valence-electron chi connectivity index (χ4n) is 2.88. The molecule has 1 aromatic heterocycles. The van der Waals surface area contributed by atoms with E-state index in [4.69, 9.17) is 16.3 Å². The smallest absolute Gasteiger partial charge is 0.330 e. The van der Waals surface area contributed by atoms with E-state index in [0.717, 1.165) is 17.6 Å². The molecule has 140 valence electrons. The highest BCUT2D eigenvalue weighted by Crippen LogP contribution is 2.28. The van der Waals surface area contributed by atoms with Gasteiger partial charge in [0.05, 0.1) is 6.07 Å². The molecule has 27 heavy (non-hydrogen) atoms. The molecule has 1 saturated carbocycles. The molecule has 3 rings (SSSR count). The number of tetrazole rings is 1. The summed E-state index contributed by atoms with van der Waals surface area (Å²) in [5.74, 6) is -0.836. The van der Waals surface area contributed by atoms with Crippen molar-refractivity contribution < 1.29 is 14.3 Å². The molecule has 0 radical (unpaired) electrons. The maximum Gasteiger partial charge on any atom is 0.330 e. The van der Waals surface area contributed by atoms with Crippen LogP contribution >= 0.6 is 11.6 Å². The number of ether oxygens (including phenoxy) is 1. The number of benzene rings is 1. The van der Waals surface area contributed by atoms with E-state index in [1.807, 2.05) is 0 Å². The number of nitrogens with zero attached hydrogens (tertiary/aromatic N) is 5. The van der Waals surface area contributed by atoms with Gasteiger partial charge in [-0.15, -0.1) is 10.2 Å². The number of nitriles is 1. The maximum absolute atomic E-state index is 11.9. The first-order valence-electron chi connectivity index (χ1n) is 8.41. The van der Waals surface area contributed by atoms with Crippen molar-refractivity contribution >= 4 is 23.5 Å². The molecule has 1 heterocycles. The lowest BCUT2D eigenvalue weighted by Gasteiger charge is -2.21. The van der Waals surface area contributed by atoms with E-state index in [9.17, 15) is 14.9 Å². The van der Waals surface area contributed by atoms with E-state index in [1.165, 1.54) is 0 Å². The fraction of sp³-hybridized carbons (Fsp3) is 0.412. The molecule has 0 unspecified atom stereocenters. The zero-order chi connectivity index (χ0) is 19.3. The molecule has 10 heteroatoms. The lowest BCUT2D eigenvalue weighted by atomic mass is 10.00. The summed E-state index contributed by atoms with van der Waals surface area (Å²) >= 11 is 5.83. The Morgan fingerprint density at radius 3 is 2.67 bits per heavy atom. The largest absolute Gasteiger partial charge is 0.454 e. The van der Waals surface area contributed by atoms with E-state index < -0.39 is 24.0 Å². The van der Waals surface area contributed by atoms with E-state index in [-0.39, 0.29) is 6.54 Å². The van der Waals surface area contributed by atoms with Gasteiger partial charge in [0.25, 0.3) is 5.91 Å². The molecular weight excluding hydrogens is 372 g/mol. The Labute approximate surface area is 160 Å². The van der Waals surface area contributed by atoms with Crippen LogP contribution in [0.3, 0.4) is 0 Å². The van der Waals surface area contributed by atoms with Gasteiger partial charge in [-0.3, -0.25) is 4.79 Å². The van der Waals surface area contributed by atoms with Gasteiger partial charge >= 0.3 is 5.97 Å². The standard InChI is InChI=1S/C17H17ClN6O3/c18-13-5-3-12(4-6-13)16-21-23-24(22-16)9-15(26)27-10-14(25)20-17(11-19)7-1-2-8-17/h3-6H,1-2,7-10H2,(H,20,25). The van der Waals surface area contributed by atoms with Crippen LogP contribution in [0.2, 0.25) is 5.02 Å². The Hall–Kier alpha value is -2.99. The van der Waals surface area contributed by atoms with Crippen LogP contribution in [0.1, 0.15) is 25.7 Å². The summed E-state index contributed by atoms with van der Waals surface area (Å²) in [6.45, 7) is -0.738. The lowest BCUT2D eigenvalue weighted by molar-refractivity contribution is -0.149. The zero-order valence-electron chi connectivity index (χ0n) is 14.4. The number of rotatable bonds is 6. The van der Waals surface area contributed by atoms with Gasteiger partial charge in [-0.2, -0.15) is 10.1 Å². The third-order valence-corrected chi connectivity index (χ3v) is 4.49. The molecule has 1 fully saturated rings. The first-order valence-corrected chi connectivity index (χ1v) is 8.79. The lowest BCUT2D eigenvalue weighted by Crippen LogP contribution is -2.46. The Morgan fingerprint density at radius 2 is 2.00 bits per heavy atom. The van der Waals surface area contributed by atoms with E-state index in [0.29, 0.717) is 29.3 Å². The van der Waals surface area contributed by atoms with Crippen molar-refractivity contribution in [3.63, 3.8) is 0 Å². The van der Waals surface area contributed by atoms with Gasteiger partial charge in [0.15, 0.2) is 13.2 Å². The molecule has 1 N–H and O–H groups in total. The number of esters is 1. The number of nitrogens with one attached hydrogen (secondary N) is 1. The van der Waals surface area contributed by atoms with Gasteiger partial charge in [-0.25, -0.2) is 4.79 Å². The van der Waals surface area contributed by atoms with Gasteiger partial charge in [-0.1, -0.05) is 11.6 Å². The molecule has 0 atom stereocenters. The van der Waals surface area contributed by atoms with Gasteiger partial charge in [0.1, 0.15) is 5.54 Å². The minimum atomic E-state index is -0.843. The second kappa shape index (κ2) is 8.14. The van der Waals surface area contributed by atoms with Crippen LogP contribution in [-0.2, 0) is 20.9 Å². The first-order chi connectivity index (χ1) is 13.0. The first kappa shape index (κ1) is 18.8. The van der Waals surface area contributed by atoms with Crippen molar-refractivity contribution in [2.45, 2.75) is 37.8 Å². The SMILES string of the molecule is N#CC1(NC(=O)COC(=O)Cn2nnc(-c3ccc(Cl)cc3)n2)CCCC1. The number of hydrogen-bond acceptors (Lipinski definition) is 7. The molecule has 1 amide bonds. The van der Waals surface area contributed by atoms with Crippen molar-refractivity contribution in [3.05, 3.63) is 29.3 Å². The third-order valence-electron chi connectivity index (χ3n) is 4.24. The van der Waals surface area contributed by atoms with E-state index in [1.54, 1.807) is 24.3 Å². The second-order valence-electron chi connectivity index (χ2n) is 6.26. The molecule has 0 saturated heterocycles. The number of carbonyl (C=O) groups excluding carboxylic acids is 2. The maximum atomic E-state index is 11.9. The molecule has 1 aromatic carbocycles. The number of hydrogen-bond donors (Lipinski definition) is 1. The van der Waals surface area contributed by atoms with Gasteiger partial charge in [0, 0.05) is 10.6 Å². The van der Waals surface area contributed by atoms with Crippen LogP contribution in [0.5, 0.6) is 0 Å². The molecule has 1 aliphatic carbocycles. The Bertz CT molecular complexity index is 868. The number of halogens is 1. The van der Waals surface area contributed by atoms with Crippen molar-refractivity contribution in [3.8, 4) is 17.5 Å². The van der Waals surface area contributed by atoms with E-state index in [2.05, 4.69) is 26.8 Å². The Kier molecular flexibility index (Phi) is 5.66. The van der Waals surface area contributed by atoms with Crippen LogP contribution in [0.4, 0.5) is 0 Å². The molecule has 0 spiro atoms. The van der Waals surface area contributed by atoms with Gasteiger partial charge in [0.2, 0.25) is 5.82 Å². The molecule has 9 nitrogen and oxygen atoms in total. The highest BCUT2D eigenvalue weighted by atomic mass is 35.5. The number of amides is 1. The summed E-state index contributed by atoms with van der Waals surface area (Å²) < 4.78 is 4.93. The van der Waals surface area contributed by atoms with Crippen molar-refractivity contribution in [2.75, 3.05) is 6.61 Å². The topological polar surface area (TPSA) is 123 Å². The summed E-state index contributed by atoms with van der Waals surface area (Å²) in [5.41, 5.74) is -0.137. The number of carbonyl (C=O) groups is 2. The van der Waals surface area contributed by atoms with E-state index >= 15 is 0 Å². The Balaban J connectivity index is 1.49. The average molecular weight is 389 g/mol. The minimum Gasteiger partial charge on any atom is -0.454 e. The summed E-state index contributed by atoms with van der Waals surface area (Å²) in [5, 5.41) is 24.2. The molecule has 0 bridgehead atoms. The van der Waals surface area contributed by atoms with Gasteiger partial charge < -0.3 is 10.1 Å². The number of aromatic nitrogens is 4. The molecule has 0 aliphatic heterocycles. The van der Waals surface area contributed by atoms with Gasteiger partial charge in [-0.05, 0) is 55.2 Å². The summed E-state index contributed by atoms with van der Waals surface area (Å²) in [6.07, 6.45) is 3.00. The third kappa shape index (κ3) is 4.80. The predicted molar refractivity (Wildman–Crippen MR) is 94.2 cm³/mol. The monoisotopic (exact) mass is 388 g/mol. The van der Waals surface area contributed by atoms with Crippen LogP contribution < -0.4 is 5.32 Å². The minimum absolute atomic E-state index is 0.280. The summed E-state index contributed by atoms with van der Waals surface area (Å²) in [6, 6.07) is 9.01. The Morgan fingerprint density at radius 1 is 1.30 bits per heavy atom. The molecule has 1 aliphatic rings.